The average molecular weight is 413 g/mol. The Morgan fingerprint density at radius 3 is 2.57 bits per heavy atom. The van der Waals surface area contributed by atoms with Crippen molar-refractivity contribution in [3.8, 4) is 5.75 Å². The van der Waals surface area contributed by atoms with Gasteiger partial charge in [0, 0.05) is 18.7 Å². The lowest BCUT2D eigenvalue weighted by molar-refractivity contribution is -0.122. The van der Waals surface area contributed by atoms with E-state index in [0.717, 1.165) is 17.0 Å². The Morgan fingerprint density at radius 2 is 1.89 bits per heavy atom. The van der Waals surface area contributed by atoms with E-state index in [1.807, 2.05) is 60.7 Å². The molecule has 0 aromatic heterocycles. The number of carbonyl (C=O) groups is 2. The topological polar surface area (TPSA) is 58.6 Å². The van der Waals surface area contributed by atoms with Crippen molar-refractivity contribution in [2.45, 2.75) is 12.8 Å². The molecule has 7 heteroatoms. The highest BCUT2D eigenvalue weighted by Crippen LogP contribution is 2.33. The smallest absolute Gasteiger partial charge is 0.266 e. The summed E-state index contributed by atoms with van der Waals surface area (Å²) in [5.74, 6) is 0.568. The second-order valence-corrected chi connectivity index (χ2v) is 7.80. The molecular weight excluding hydrogens is 392 g/mol. The lowest BCUT2D eigenvalue weighted by Crippen LogP contribution is -2.29. The lowest BCUT2D eigenvalue weighted by Gasteiger charge is -2.14. The zero-order valence-corrected chi connectivity index (χ0v) is 17.0. The molecule has 1 aliphatic rings. The molecular formula is C21H20N2O3S2. The Labute approximate surface area is 173 Å². The van der Waals surface area contributed by atoms with E-state index in [-0.39, 0.29) is 11.8 Å². The summed E-state index contributed by atoms with van der Waals surface area (Å²) >= 11 is 6.63. The van der Waals surface area contributed by atoms with Crippen LogP contribution in [0.5, 0.6) is 5.75 Å². The molecule has 1 heterocycles. The van der Waals surface area contributed by atoms with Crippen LogP contribution in [0.3, 0.4) is 0 Å². The number of carbonyl (C=O) groups excluding carboxylic acids is 2. The number of hydrogen-bond donors (Lipinski definition) is 1. The van der Waals surface area contributed by atoms with Gasteiger partial charge in [-0.1, -0.05) is 54.3 Å². The standard InChI is InChI=1S/C21H20N2O3S2/c1-26-17-11-9-15(10-12-17)14-18-20(25)23(21(27)28-18)13-5-8-19(24)22-16-6-3-2-4-7-16/h2-4,6-7,9-12,14H,5,8,13H2,1H3,(H,22,24). The van der Waals surface area contributed by atoms with Crippen LogP contribution in [-0.2, 0) is 9.59 Å². The number of amides is 2. The van der Waals surface area contributed by atoms with Crippen molar-refractivity contribution >= 4 is 51.9 Å². The average Bonchev–Trinajstić information content (AvgIpc) is 2.96. The normalized spacial score (nSPS) is 15.2. The molecule has 3 rings (SSSR count). The van der Waals surface area contributed by atoms with Crippen molar-refractivity contribution in [2.75, 3.05) is 19.0 Å². The third-order valence-electron chi connectivity index (χ3n) is 4.13. The zero-order chi connectivity index (χ0) is 19.9. The molecule has 2 aromatic carbocycles. The summed E-state index contributed by atoms with van der Waals surface area (Å²) in [5, 5.41) is 2.84. The molecule has 0 saturated carbocycles. The van der Waals surface area contributed by atoms with Gasteiger partial charge in [0.2, 0.25) is 5.91 Å². The number of methoxy groups -OCH3 is 1. The summed E-state index contributed by atoms with van der Waals surface area (Å²) in [6, 6.07) is 16.8. The molecule has 0 unspecified atom stereocenters. The molecule has 0 bridgehead atoms. The monoisotopic (exact) mass is 412 g/mol. The van der Waals surface area contributed by atoms with Gasteiger partial charge in [-0.25, -0.2) is 0 Å². The predicted molar refractivity (Wildman–Crippen MR) is 117 cm³/mol. The molecule has 0 radical (unpaired) electrons. The number of thiocarbonyl (C=S) groups is 1. The highest BCUT2D eigenvalue weighted by Gasteiger charge is 2.31. The number of benzene rings is 2. The third kappa shape index (κ3) is 5.21. The second-order valence-electron chi connectivity index (χ2n) is 6.12. The van der Waals surface area contributed by atoms with E-state index in [2.05, 4.69) is 5.32 Å². The van der Waals surface area contributed by atoms with Crippen molar-refractivity contribution in [1.29, 1.82) is 0 Å². The molecule has 2 amide bonds. The zero-order valence-electron chi connectivity index (χ0n) is 15.4. The van der Waals surface area contributed by atoms with Gasteiger partial charge in [-0.15, -0.1) is 0 Å². The Hall–Kier alpha value is -2.64. The van der Waals surface area contributed by atoms with Crippen LogP contribution in [0.15, 0.2) is 59.5 Å². The van der Waals surface area contributed by atoms with E-state index < -0.39 is 0 Å². The van der Waals surface area contributed by atoms with Gasteiger partial charge in [0.15, 0.2) is 0 Å². The number of ether oxygens (including phenoxy) is 1. The van der Waals surface area contributed by atoms with Crippen LogP contribution in [0, 0.1) is 0 Å². The van der Waals surface area contributed by atoms with Gasteiger partial charge >= 0.3 is 0 Å². The van der Waals surface area contributed by atoms with E-state index >= 15 is 0 Å². The minimum Gasteiger partial charge on any atom is -0.497 e. The van der Waals surface area contributed by atoms with Crippen molar-refractivity contribution in [1.82, 2.24) is 4.90 Å². The molecule has 0 atom stereocenters. The summed E-state index contributed by atoms with van der Waals surface area (Å²) < 4.78 is 5.66. The minimum absolute atomic E-state index is 0.0783. The molecule has 1 fully saturated rings. The number of rotatable bonds is 7. The van der Waals surface area contributed by atoms with Crippen molar-refractivity contribution < 1.29 is 14.3 Å². The van der Waals surface area contributed by atoms with Crippen LogP contribution in [0.4, 0.5) is 5.69 Å². The Kier molecular flexibility index (Phi) is 6.84. The van der Waals surface area contributed by atoms with Gasteiger partial charge in [0.05, 0.1) is 12.0 Å². The van der Waals surface area contributed by atoms with Gasteiger partial charge in [-0.3, -0.25) is 14.5 Å². The Balaban J connectivity index is 1.53. The fourth-order valence-corrected chi connectivity index (χ4v) is 4.00. The van der Waals surface area contributed by atoms with Crippen molar-refractivity contribution in [3.63, 3.8) is 0 Å². The summed E-state index contributed by atoms with van der Waals surface area (Å²) in [6.45, 7) is 0.423. The van der Waals surface area contributed by atoms with E-state index in [0.29, 0.717) is 28.6 Å². The van der Waals surface area contributed by atoms with E-state index in [9.17, 15) is 9.59 Å². The van der Waals surface area contributed by atoms with Crippen molar-refractivity contribution in [2.24, 2.45) is 0 Å². The van der Waals surface area contributed by atoms with Gasteiger partial charge in [0.25, 0.3) is 5.91 Å². The van der Waals surface area contributed by atoms with Gasteiger partial charge < -0.3 is 10.1 Å². The molecule has 1 saturated heterocycles. The van der Waals surface area contributed by atoms with Gasteiger partial charge in [0.1, 0.15) is 10.1 Å². The molecule has 2 aromatic rings. The van der Waals surface area contributed by atoms with Gasteiger partial charge in [-0.2, -0.15) is 0 Å². The van der Waals surface area contributed by atoms with Crippen molar-refractivity contribution in [3.05, 3.63) is 65.1 Å². The van der Waals surface area contributed by atoms with Crippen LogP contribution >= 0.6 is 24.0 Å². The summed E-state index contributed by atoms with van der Waals surface area (Å²) in [6.07, 6.45) is 2.69. The molecule has 1 aliphatic heterocycles. The number of hydrogen-bond acceptors (Lipinski definition) is 5. The number of anilines is 1. The van der Waals surface area contributed by atoms with Crippen LogP contribution in [-0.4, -0.2) is 34.7 Å². The highest BCUT2D eigenvalue weighted by molar-refractivity contribution is 8.26. The van der Waals surface area contributed by atoms with Crippen LogP contribution in [0.25, 0.3) is 6.08 Å². The maximum atomic E-state index is 12.6. The summed E-state index contributed by atoms with van der Waals surface area (Å²) in [4.78, 5) is 26.8. The first-order valence-corrected chi connectivity index (χ1v) is 10.0. The first-order valence-electron chi connectivity index (χ1n) is 8.81. The number of thioether (sulfide) groups is 1. The predicted octanol–water partition coefficient (Wildman–Crippen LogP) is 4.32. The minimum atomic E-state index is -0.116. The maximum Gasteiger partial charge on any atom is 0.266 e. The van der Waals surface area contributed by atoms with Crippen LogP contribution < -0.4 is 10.1 Å². The van der Waals surface area contributed by atoms with E-state index in [4.69, 9.17) is 17.0 Å². The third-order valence-corrected chi connectivity index (χ3v) is 5.51. The maximum absolute atomic E-state index is 12.6. The lowest BCUT2D eigenvalue weighted by atomic mass is 10.2. The van der Waals surface area contributed by atoms with E-state index in [1.54, 1.807) is 12.0 Å². The molecule has 1 N–H and O–H groups in total. The molecule has 144 valence electrons. The van der Waals surface area contributed by atoms with Crippen LogP contribution in [0.1, 0.15) is 18.4 Å². The Bertz CT molecular complexity index is 896. The number of nitrogens with zero attached hydrogens (tertiary/aromatic N) is 1. The fourth-order valence-electron chi connectivity index (χ4n) is 2.69. The van der Waals surface area contributed by atoms with E-state index in [1.165, 1.54) is 11.8 Å². The Morgan fingerprint density at radius 1 is 1.18 bits per heavy atom. The molecule has 0 spiro atoms. The first kappa shape index (κ1) is 20.1. The van der Waals surface area contributed by atoms with Crippen LogP contribution in [0.2, 0.25) is 0 Å². The summed E-state index contributed by atoms with van der Waals surface area (Å²) in [5.41, 5.74) is 1.67. The second kappa shape index (κ2) is 9.52. The fraction of sp³-hybridized carbons (Fsp3) is 0.190. The molecule has 0 aliphatic carbocycles. The number of para-hydroxylation sites is 1. The SMILES string of the molecule is COc1ccc(C=C2SC(=S)N(CCCC(=O)Nc3ccccc3)C2=O)cc1. The quantitative estimate of drug-likeness (QED) is 0.542. The largest absolute Gasteiger partial charge is 0.497 e. The molecule has 28 heavy (non-hydrogen) atoms. The highest BCUT2D eigenvalue weighted by atomic mass is 32.2. The number of nitrogens with one attached hydrogen (secondary N) is 1. The first-order chi connectivity index (χ1) is 13.6. The summed E-state index contributed by atoms with van der Waals surface area (Å²) in [7, 11) is 1.61. The molecule has 5 nitrogen and oxygen atoms in total. The van der Waals surface area contributed by atoms with Gasteiger partial charge in [-0.05, 0) is 42.3 Å².